The summed E-state index contributed by atoms with van der Waals surface area (Å²) in [7, 11) is 0. The van der Waals surface area contributed by atoms with Crippen LogP contribution >= 0.6 is 0 Å². The van der Waals surface area contributed by atoms with Gasteiger partial charge in [-0.25, -0.2) is 4.39 Å². The molecule has 1 rings (SSSR count). The SMILES string of the molecule is CC#CCCC(N)c1ccc(F)c(C(F)(F)F)c1. The van der Waals surface area contributed by atoms with Gasteiger partial charge < -0.3 is 5.73 Å². The van der Waals surface area contributed by atoms with E-state index in [1.165, 1.54) is 6.07 Å². The van der Waals surface area contributed by atoms with E-state index in [9.17, 15) is 17.6 Å². The zero-order valence-electron chi connectivity index (χ0n) is 9.81. The van der Waals surface area contributed by atoms with Gasteiger partial charge in [-0.2, -0.15) is 13.2 Å². The fraction of sp³-hybridized carbons (Fsp3) is 0.385. The third-order valence-electron chi connectivity index (χ3n) is 2.48. The van der Waals surface area contributed by atoms with Crippen LogP contribution in [0, 0.1) is 17.7 Å². The molecule has 0 heterocycles. The number of hydrogen-bond acceptors (Lipinski definition) is 1. The van der Waals surface area contributed by atoms with Crippen LogP contribution in [0.4, 0.5) is 17.6 Å². The molecule has 0 radical (unpaired) electrons. The highest BCUT2D eigenvalue weighted by molar-refractivity contribution is 5.29. The van der Waals surface area contributed by atoms with Gasteiger partial charge in [0.15, 0.2) is 0 Å². The molecule has 0 bridgehead atoms. The number of halogens is 4. The van der Waals surface area contributed by atoms with Gasteiger partial charge in [0.05, 0.1) is 5.56 Å². The van der Waals surface area contributed by atoms with E-state index in [4.69, 9.17) is 5.73 Å². The van der Waals surface area contributed by atoms with E-state index in [-0.39, 0.29) is 5.56 Å². The van der Waals surface area contributed by atoms with Crippen molar-refractivity contribution in [2.45, 2.75) is 32.0 Å². The molecule has 1 atom stereocenters. The topological polar surface area (TPSA) is 26.0 Å². The highest BCUT2D eigenvalue weighted by Gasteiger charge is 2.34. The van der Waals surface area contributed by atoms with Gasteiger partial charge in [-0.05, 0) is 31.0 Å². The molecule has 98 valence electrons. The molecule has 18 heavy (non-hydrogen) atoms. The molecule has 0 amide bonds. The molecule has 0 fully saturated rings. The van der Waals surface area contributed by atoms with E-state index >= 15 is 0 Å². The Kier molecular flexibility index (Phi) is 4.74. The highest BCUT2D eigenvalue weighted by Crippen LogP contribution is 2.33. The van der Waals surface area contributed by atoms with Gasteiger partial charge in [0.2, 0.25) is 0 Å². The molecular formula is C13H13F4N. The van der Waals surface area contributed by atoms with Crippen LogP contribution in [0.15, 0.2) is 18.2 Å². The van der Waals surface area contributed by atoms with Gasteiger partial charge in [-0.1, -0.05) is 6.07 Å². The maximum absolute atomic E-state index is 13.1. The quantitative estimate of drug-likeness (QED) is 0.650. The van der Waals surface area contributed by atoms with Crippen molar-refractivity contribution >= 4 is 0 Å². The summed E-state index contributed by atoms with van der Waals surface area (Å²) in [5, 5.41) is 0. The van der Waals surface area contributed by atoms with E-state index in [0.29, 0.717) is 12.8 Å². The molecule has 0 saturated heterocycles. The average molecular weight is 259 g/mol. The Balaban J connectivity index is 2.93. The van der Waals surface area contributed by atoms with E-state index in [1.807, 2.05) is 0 Å². The van der Waals surface area contributed by atoms with Crippen LogP contribution in [0.1, 0.15) is 36.9 Å². The normalized spacial score (nSPS) is 12.8. The Labute approximate surface area is 103 Å². The second-order valence-electron chi connectivity index (χ2n) is 3.81. The first-order valence-corrected chi connectivity index (χ1v) is 5.38. The minimum atomic E-state index is -4.71. The van der Waals surface area contributed by atoms with Crippen molar-refractivity contribution in [3.05, 3.63) is 35.1 Å². The fourth-order valence-corrected chi connectivity index (χ4v) is 1.51. The van der Waals surface area contributed by atoms with Gasteiger partial charge >= 0.3 is 6.18 Å². The summed E-state index contributed by atoms with van der Waals surface area (Å²) < 4.78 is 50.5. The number of nitrogens with two attached hydrogens (primary N) is 1. The average Bonchev–Trinajstić information content (AvgIpc) is 2.28. The van der Waals surface area contributed by atoms with E-state index in [0.717, 1.165) is 12.1 Å². The van der Waals surface area contributed by atoms with Gasteiger partial charge in [-0.3, -0.25) is 0 Å². The Bertz CT molecular complexity index is 468. The summed E-state index contributed by atoms with van der Waals surface area (Å²) >= 11 is 0. The standard InChI is InChI=1S/C13H13F4N/c1-2-3-4-5-12(18)9-6-7-11(14)10(8-9)13(15,16)17/h6-8,12H,4-5,18H2,1H3. The first-order chi connectivity index (χ1) is 8.36. The molecule has 1 unspecified atom stereocenters. The summed E-state index contributed by atoms with van der Waals surface area (Å²) in [6.45, 7) is 1.67. The summed E-state index contributed by atoms with van der Waals surface area (Å²) in [6.07, 6.45) is -3.77. The van der Waals surface area contributed by atoms with Crippen molar-refractivity contribution < 1.29 is 17.6 Å². The summed E-state index contributed by atoms with van der Waals surface area (Å²) in [5.74, 6) is 4.17. The first kappa shape index (κ1) is 14.5. The summed E-state index contributed by atoms with van der Waals surface area (Å²) in [5.41, 5.74) is 4.73. The van der Waals surface area contributed by atoms with E-state index in [2.05, 4.69) is 11.8 Å². The lowest BCUT2D eigenvalue weighted by molar-refractivity contribution is -0.140. The Morgan fingerprint density at radius 2 is 2.00 bits per heavy atom. The smallest absolute Gasteiger partial charge is 0.324 e. The Morgan fingerprint density at radius 1 is 1.33 bits per heavy atom. The number of rotatable bonds is 3. The molecule has 0 aromatic heterocycles. The second-order valence-corrected chi connectivity index (χ2v) is 3.81. The largest absolute Gasteiger partial charge is 0.419 e. The second kappa shape index (κ2) is 5.87. The van der Waals surface area contributed by atoms with Crippen LogP contribution in [-0.2, 0) is 6.18 Å². The third-order valence-corrected chi connectivity index (χ3v) is 2.48. The number of alkyl halides is 3. The molecule has 0 saturated carbocycles. The predicted molar refractivity (Wildman–Crippen MR) is 61.0 cm³/mol. The first-order valence-electron chi connectivity index (χ1n) is 5.38. The minimum absolute atomic E-state index is 0.265. The van der Waals surface area contributed by atoms with Crippen molar-refractivity contribution in [1.82, 2.24) is 0 Å². The maximum Gasteiger partial charge on any atom is 0.419 e. The monoisotopic (exact) mass is 259 g/mol. The van der Waals surface area contributed by atoms with Gasteiger partial charge in [-0.15, -0.1) is 11.8 Å². The molecule has 5 heteroatoms. The predicted octanol–water partition coefficient (Wildman–Crippen LogP) is 3.65. The van der Waals surface area contributed by atoms with E-state index in [1.54, 1.807) is 6.92 Å². The lowest BCUT2D eigenvalue weighted by Gasteiger charge is -2.14. The van der Waals surface area contributed by atoms with Crippen LogP contribution in [0.25, 0.3) is 0 Å². The van der Waals surface area contributed by atoms with Crippen molar-refractivity contribution in [2.75, 3.05) is 0 Å². The molecule has 2 N–H and O–H groups in total. The minimum Gasteiger partial charge on any atom is -0.324 e. The molecular weight excluding hydrogens is 246 g/mol. The molecule has 1 aromatic rings. The van der Waals surface area contributed by atoms with Crippen molar-refractivity contribution in [2.24, 2.45) is 5.73 Å². The molecule has 0 aliphatic carbocycles. The summed E-state index contributed by atoms with van der Waals surface area (Å²) in [6, 6.07) is 2.25. The molecule has 0 aliphatic heterocycles. The zero-order valence-corrected chi connectivity index (χ0v) is 9.81. The fourth-order valence-electron chi connectivity index (χ4n) is 1.51. The Hall–Kier alpha value is -1.54. The zero-order chi connectivity index (χ0) is 13.8. The van der Waals surface area contributed by atoms with Crippen LogP contribution in [-0.4, -0.2) is 0 Å². The molecule has 1 nitrogen and oxygen atoms in total. The van der Waals surface area contributed by atoms with Gasteiger partial charge in [0.25, 0.3) is 0 Å². The van der Waals surface area contributed by atoms with Gasteiger partial charge in [0, 0.05) is 12.5 Å². The van der Waals surface area contributed by atoms with Gasteiger partial charge in [0.1, 0.15) is 5.82 Å². The molecule has 0 spiro atoms. The van der Waals surface area contributed by atoms with Crippen LogP contribution in [0.2, 0.25) is 0 Å². The Morgan fingerprint density at radius 3 is 2.56 bits per heavy atom. The summed E-state index contributed by atoms with van der Waals surface area (Å²) in [4.78, 5) is 0. The molecule has 1 aromatic carbocycles. The maximum atomic E-state index is 13.1. The number of benzene rings is 1. The van der Waals surface area contributed by atoms with Crippen molar-refractivity contribution in [3.8, 4) is 11.8 Å². The van der Waals surface area contributed by atoms with E-state index < -0.39 is 23.6 Å². The lowest BCUT2D eigenvalue weighted by Crippen LogP contribution is -2.14. The van der Waals surface area contributed by atoms with Crippen molar-refractivity contribution in [3.63, 3.8) is 0 Å². The lowest BCUT2D eigenvalue weighted by atomic mass is 10.0. The number of hydrogen-bond donors (Lipinski definition) is 1. The third kappa shape index (κ3) is 3.74. The van der Waals surface area contributed by atoms with Crippen LogP contribution in [0.3, 0.4) is 0 Å². The van der Waals surface area contributed by atoms with Crippen LogP contribution in [0.5, 0.6) is 0 Å². The molecule has 0 aliphatic rings. The highest BCUT2D eigenvalue weighted by atomic mass is 19.4. The van der Waals surface area contributed by atoms with Crippen LogP contribution < -0.4 is 5.73 Å². The van der Waals surface area contributed by atoms with Crippen molar-refractivity contribution in [1.29, 1.82) is 0 Å².